The minimum absolute atomic E-state index is 0.419. The molecule has 2 aromatic heterocycles. The van der Waals surface area contributed by atoms with Crippen LogP contribution in [0.1, 0.15) is 39.5 Å². The minimum Gasteiger partial charge on any atom is -0.366 e. The molecule has 92 valence electrons. The molecular formula is C12H19N5. The monoisotopic (exact) mass is 233 g/mol. The second-order valence-electron chi connectivity index (χ2n) is 4.36. The van der Waals surface area contributed by atoms with Crippen LogP contribution in [0.4, 0.5) is 5.82 Å². The predicted octanol–water partition coefficient (Wildman–Crippen LogP) is 2.73. The van der Waals surface area contributed by atoms with E-state index in [2.05, 4.69) is 39.1 Å². The highest BCUT2D eigenvalue weighted by atomic mass is 15.1. The number of imidazole rings is 1. The number of H-pyrrole nitrogens is 1. The van der Waals surface area contributed by atoms with E-state index in [1.54, 1.807) is 12.7 Å². The van der Waals surface area contributed by atoms with Crippen molar-refractivity contribution in [3.63, 3.8) is 0 Å². The Morgan fingerprint density at radius 3 is 3.00 bits per heavy atom. The van der Waals surface area contributed by atoms with Gasteiger partial charge in [-0.05, 0) is 13.3 Å². The third kappa shape index (κ3) is 2.93. The van der Waals surface area contributed by atoms with Gasteiger partial charge >= 0.3 is 0 Å². The summed E-state index contributed by atoms with van der Waals surface area (Å²) in [6, 6.07) is 0.419. The van der Waals surface area contributed by atoms with Crippen molar-refractivity contribution in [1.29, 1.82) is 0 Å². The average molecular weight is 233 g/mol. The molecule has 5 nitrogen and oxygen atoms in total. The Balaban J connectivity index is 2.00. The standard InChI is InChI=1S/C12H19N5/c1-3-4-5-6-9(2)17-12-10-11(14-7-13-10)15-8-16-12/h7-9H,3-6H2,1-2H3,(H2,13,14,15,16,17). The molecule has 0 fully saturated rings. The lowest BCUT2D eigenvalue weighted by Gasteiger charge is -2.14. The molecule has 2 N–H and O–H groups in total. The Morgan fingerprint density at radius 1 is 1.29 bits per heavy atom. The molecule has 1 unspecified atom stereocenters. The Bertz CT molecular complexity index is 465. The van der Waals surface area contributed by atoms with E-state index >= 15 is 0 Å². The van der Waals surface area contributed by atoms with Gasteiger partial charge in [0.15, 0.2) is 11.5 Å². The number of unbranched alkanes of at least 4 members (excludes halogenated alkanes) is 2. The first-order chi connectivity index (χ1) is 8.31. The van der Waals surface area contributed by atoms with Gasteiger partial charge in [0.2, 0.25) is 0 Å². The Kier molecular flexibility index (Phi) is 3.90. The number of fused-ring (bicyclic) bond motifs is 1. The van der Waals surface area contributed by atoms with Gasteiger partial charge in [-0.25, -0.2) is 15.0 Å². The van der Waals surface area contributed by atoms with E-state index in [-0.39, 0.29) is 0 Å². The maximum absolute atomic E-state index is 4.25. The second-order valence-corrected chi connectivity index (χ2v) is 4.36. The first-order valence-electron chi connectivity index (χ1n) is 6.22. The van der Waals surface area contributed by atoms with Gasteiger partial charge in [0.1, 0.15) is 11.8 Å². The molecule has 2 rings (SSSR count). The fourth-order valence-corrected chi connectivity index (χ4v) is 1.88. The van der Waals surface area contributed by atoms with Gasteiger partial charge in [0, 0.05) is 6.04 Å². The molecular weight excluding hydrogens is 214 g/mol. The number of anilines is 1. The first kappa shape index (κ1) is 11.8. The van der Waals surface area contributed by atoms with E-state index in [1.807, 2.05) is 0 Å². The number of aromatic amines is 1. The van der Waals surface area contributed by atoms with Gasteiger partial charge < -0.3 is 10.3 Å². The van der Waals surface area contributed by atoms with Crippen LogP contribution in [0.3, 0.4) is 0 Å². The number of nitrogens with one attached hydrogen (secondary N) is 2. The minimum atomic E-state index is 0.419. The molecule has 1 atom stereocenters. The van der Waals surface area contributed by atoms with Crippen molar-refractivity contribution < 1.29 is 0 Å². The summed E-state index contributed by atoms with van der Waals surface area (Å²) in [4.78, 5) is 15.5. The van der Waals surface area contributed by atoms with Gasteiger partial charge in [0.05, 0.1) is 6.33 Å². The van der Waals surface area contributed by atoms with Crippen molar-refractivity contribution in [2.45, 2.75) is 45.6 Å². The second kappa shape index (κ2) is 5.61. The molecule has 0 saturated carbocycles. The number of hydrogen-bond donors (Lipinski definition) is 2. The predicted molar refractivity (Wildman–Crippen MR) is 68.9 cm³/mol. The van der Waals surface area contributed by atoms with Gasteiger partial charge in [-0.15, -0.1) is 0 Å². The lowest BCUT2D eigenvalue weighted by Crippen LogP contribution is -2.16. The van der Waals surface area contributed by atoms with Gasteiger partial charge in [-0.2, -0.15) is 0 Å². The average Bonchev–Trinajstić information content (AvgIpc) is 2.78. The third-order valence-electron chi connectivity index (χ3n) is 2.85. The smallest absolute Gasteiger partial charge is 0.182 e. The largest absolute Gasteiger partial charge is 0.366 e. The lowest BCUT2D eigenvalue weighted by molar-refractivity contribution is 0.614. The molecule has 2 heterocycles. The van der Waals surface area contributed by atoms with Gasteiger partial charge in [-0.1, -0.05) is 26.2 Å². The van der Waals surface area contributed by atoms with Crippen LogP contribution in [0.2, 0.25) is 0 Å². The highest BCUT2D eigenvalue weighted by Crippen LogP contribution is 2.16. The number of nitrogens with zero attached hydrogens (tertiary/aromatic N) is 3. The van der Waals surface area contributed by atoms with E-state index in [0.29, 0.717) is 11.7 Å². The van der Waals surface area contributed by atoms with E-state index in [1.165, 1.54) is 19.3 Å². The van der Waals surface area contributed by atoms with Crippen LogP contribution in [-0.4, -0.2) is 26.0 Å². The summed E-state index contributed by atoms with van der Waals surface area (Å²) in [5.74, 6) is 0.844. The number of hydrogen-bond acceptors (Lipinski definition) is 4. The van der Waals surface area contributed by atoms with Crippen molar-refractivity contribution >= 4 is 17.0 Å². The van der Waals surface area contributed by atoms with Crippen LogP contribution in [0.5, 0.6) is 0 Å². The molecule has 0 aliphatic carbocycles. The van der Waals surface area contributed by atoms with Crippen molar-refractivity contribution in [3.8, 4) is 0 Å². The van der Waals surface area contributed by atoms with E-state index < -0.39 is 0 Å². The molecule has 5 heteroatoms. The summed E-state index contributed by atoms with van der Waals surface area (Å²) in [5.41, 5.74) is 1.60. The van der Waals surface area contributed by atoms with Crippen LogP contribution >= 0.6 is 0 Å². The molecule has 0 saturated heterocycles. The highest BCUT2D eigenvalue weighted by Gasteiger charge is 2.08. The zero-order chi connectivity index (χ0) is 12.1. The van der Waals surface area contributed by atoms with Crippen LogP contribution in [-0.2, 0) is 0 Å². The number of aromatic nitrogens is 4. The molecule has 0 spiro atoms. The fourth-order valence-electron chi connectivity index (χ4n) is 1.88. The van der Waals surface area contributed by atoms with Crippen LogP contribution in [0, 0.1) is 0 Å². The summed E-state index contributed by atoms with van der Waals surface area (Å²) < 4.78 is 0. The Labute approximate surface area is 101 Å². The summed E-state index contributed by atoms with van der Waals surface area (Å²) in [6.45, 7) is 4.40. The molecule has 0 aromatic carbocycles. The lowest BCUT2D eigenvalue weighted by atomic mass is 10.1. The zero-order valence-corrected chi connectivity index (χ0v) is 10.4. The van der Waals surface area contributed by atoms with E-state index in [0.717, 1.165) is 17.8 Å². The normalized spacial score (nSPS) is 12.8. The quantitative estimate of drug-likeness (QED) is 0.753. The van der Waals surface area contributed by atoms with Gasteiger partial charge in [0.25, 0.3) is 0 Å². The van der Waals surface area contributed by atoms with Crippen molar-refractivity contribution in [1.82, 2.24) is 19.9 Å². The molecule has 0 bridgehead atoms. The SMILES string of the molecule is CCCCCC(C)Nc1ncnc2nc[nH]c12. The van der Waals surface area contributed by atoms with Crippen LogP contribution < -0.4 is 5.32 Å². The molecule has 0 aliphatic heterocycles. The van der Waals surface area contributed by atoms with E-state index in [9.17, 15) is 0 Å². The van der Waals surface area contributed by atoms with E-state index in [4.69, 9.17) is 0 Å². The molecule has 17 heavy (non-hydrogen) atoms. The number of rotatable bonds is 6. The summed E-state index contributed by atoms with van der Waals surface area (Å²) in [6.07, 6.45) is 8.15. The first-order valence-corrected chi connectivity index (χ1v) is 6.22. The van der Waals surface area contributed by atoms with Crippen molar-refractivity contribution in [2.24, 2.45) is 0 Å². The maximum Gasteiger partial charge on any atom is 0.182 e. The van der Waals surface area contributed by atoms with Crippen LogP contribution in [0.25, 0.3) is 11.2 Å². The summed E-state index contributed by atoms with van der Waals surface area (Å²) in [5, 5.41) is 3.41. The molecule has 0 amide bonds. The van der Waals surface area contributed by atoms with Crippen molar-refractivity contribution in [3.05, 3.63) is 12.7 Å². The molecule has 2 aromatic rings. The maximum atomic E-state index is 4.25. The molecule has 0 radical (unpaired) electrons. The highest BCUT2D eigenvalue weighted by molar-refractivity contribution is 5.81. The Hall–Kier alpha value is -1.65. The Morgan fingerprint density at radius 2 is 2.18 bits per heavy atom. The van der Waals surface area contributed by atoms with Crippen LogP contribution in [0.15, 0.2) is 12.7 Å². The third-order valence-corrected chi connectivity index (χ3v) is 2.85. The molecule has 0 aliphatic rings. The topological polar surface area (TPSA) is 66.5 Å². The fraction of sp³-hybridized carbons (Fsp3) is 0.583. The van der Waals surface area contributed by atoms with Crippen molar-refractivity contribution in [2.75, 3.05) is 5.32 Å². The summed E-state index contributed by atoms with van der Waals surface area (Å²) >= 11 is 0. The zero-order valence-electron chi connectivity index (χ0n) is 10.4. The van der Waals surface area contributed by atoms with Gasteiger partial charge in [-0.3, -0.25) is 0 Å². The summed E-state index contributed by atoms with van der Waals surface area (Å²) in [7, 11) is 0.